The van der Waals surface area contributed by atoms with E-state index < -0.39 is 12.1 Å². The number of fused-ring (bicyclic) bond motifs is 1. The summed E-state index contributed by atoms with van der Waals surface area (Å²) in [4.78, 5) is 13.3. The van der Waals surface area contributed by atoms with E-state index in [9.17, 15) is 9.90 Å². The van der Waals surface area contributed by atoms with Gasteiger partial charge in [-0.2, -0.15) is 0 Å². The van der Waals surface area contributed by atoms with E-state index in [-0.39, 0.29) is 30.8 Å². The molecule has 1 heterocycles. The van der Waals surface area contributed by atoms with Crippen LogP contribution in [-0.4, -0.2) is 35.6 Å². The Labute approximate surface area is 174 Å². The van der Waals surface area contributed by atoms with E-state index in [0.717, 1.165) is 35.2 Å². The zero-order valence-corrected chi connectivity index (χ0v) is 18.1. The van der Waals surface area contributed by atoms with Crippen molar-refractivity contribution >= 4 is 24.1 Å². The van der Waals surface area contributed by atoms with Gasteiger partial charge in [0, 0.05) is 24.2 Å². The van der Waals surface area contributed by atoms with Gasteiger partial charge < -0.3 is 26.2 Å². The van der Waals surface area contributed by atoms with Crippen molar-refractivity contribution in [3.8, 4) is 0 Å². The van der Waals surface area contributed by atoms with E-state index in [1.165, 1.54) is 0 Å². The molecule has 0 radical (unpaired) electrons. The van der Waals surface area contributed by atoms with Gasteiger partial charge >= 0.3 is 0 Å². The van der Waals surface area contributed by atoms with Crippen LogP contribution in [0.2, 0.25) is 0 Å². The van der Waals surface area contributed by atoms with Gasteiger partial charge in [0.25, 0.3) is 0 Å². The number of halogens is 1. The lowest BCUT2D eigenvalue weighted by atomic mass is 9.90. The van der Waals surface area contributed by atoms with Gasteiger partial charge in [-0.15, -0.1) is 12.4 Å². The average Bonchev–Trinajstić information content (AvgIpc) is 2.57. The molecule has 28 heavy (non-hydrogen) atoms. The molecule has 1 unspecified atom stereocenters. The number of hydrogen-bond acceptors (Lipinski definition) is 5. The van der Waals surface area contributed by atoms with Gasteiger partial charge in [-0.05, 0) is 23.5 Å². The van der Waals surface area contributed by atoms with E-state index >= 15 is 0 Å². The number of hydrogen-bond donors (Lipinski definition) is 3. The van der Waals surface area contributed by atoms with Crippen molar-refractivity contribution in [2.45, 2.75) is 53.2 Å². The monoisotopic (exact) mass is 411 g/mol. The molecule has 1 atom stereocenters. The summed E-state index contributed by atoms with van der Waals surface area (Å²) in [5.41, 5.74) is 14.5. The average molecular weight is 412 g/mol. The molecule has 1 aromatic rings. The quantitative estimate of drug-likeness (QED) is 0.571. The molecule has 5 N–H and O–H groups in total. The lowest BCUT2D eigenvalue weighted by molar-refractivity contribution is -0.117. The number of ether oxygens (including phenoxy) is 1. The third-order valence-corrected chi connectivity index (χ3v) is 4.51. The first-order valence-electron chi connectivity index (χ1n) is 9.60. The van der Waals surface area contributed by atoms with Gasteiger partial charge in [-0.3, -0.25) is 4.79 Å². The molecule has 0 aliphatic carbocycles. The summed E-state index contributed by atoms with van der Waals surface area (Å²) in [6.07, 6.45) is 1.29. The maximum atomic E-state index is 11.3. The van der Waals surface area contributed by atoms with Crippen LogP contribution in [0, 0.1) is 5.41 Å². The Hall–Kier alpha value is -1.76. The number of primary amides is 1. The molecule has 0 bridgehead atoms. The molecule has 158 valence electrons. The summed E-state index contributed by atoms with van der Waals surface area (Å²) in [6, 6.07) is 5.57. The number of nitrogens with zero attached hydrogens (tertiary/aromatic N) is 1. The lowest BCUT2D eigenvalue weighted by Crippen LogP contribution is -2.41. The van der Waals surface area contributed by atoms with Crippen molar-refractivity contribution < 1.29 is 14.6 Å². The van der Waals surface area contributed by atoms with Crippen LogP contribution in [0.25, 0.3) is 5.76 Å². The molecular formula is C21H34ClN3O3. The first kappa shape index (κ1) is 24.3. The topological polar surface area (TPSA) is 102 Å². The maximum absolute atomic E-state index is 11.3. The van der Waals surface area contributed by atoms with E-state index in [1.807, 2.05) is 23.1 Å². The highest BCUT2D eigenvalue weighted by molar-refractivity contribution is 5.85. The van der Waals surface area contributed by atoms with Crippen LogP contribution in [0.15, 0.2) is 23.9 Å². The predicted molar refractivity (Wildman–Crippen MR) is 115 cm³/mol. The van der Waals surface area contributed by atoms with E-state index in [4.69, 9.17) is 16.2 Å². The largest absolute Gasteiger partial charge is 0.491 e. The number of benzene rings is 1. The number of amides is 1. The van der Waals surface area contributed by atoms with Crippen molar-refractivity contribution in [3.63, 3.8) is 0 Å². The summed E-state index contributed by atoms with van der Waals surface area (Å²) in [6.45, 7) is 9.95. The Morgan fingerprint density at radius 2 is 2.00 bits per heavy atom. The third kappa shape index (κ3) is 5.87. The van der Waals surface area contributed by atoms with Gasteiger partial charge in [-0.25, -0.2) is 0 Å². The van der Waals surface area contributed by atoms with Crippen LogP contribution in [0.3, 0.4) is 0 Å². The van der Waals surface area contributed by atoms with Crippen molar-refractivity contribution in [1.82, 2.24) is 4.90 Å². The summed E-state index contributed by atoms with van der Waals surface area (Å²) >= 11 is 0. The molecule has 1 amide bonds. The third-order valence-electron chi connectivity index (χ3n) is 4.51. The van der Waals surface area contributed by atoms with Crippen LogP contribution in [0.5, 0.6) is 0 Å². The molecule has 6 nitrogen and oxygen atoms in total. The molecule has 0 saturated carbocycles. The van der Waals surface area contributed by atoms with Gasteiger partial charge in [0.1, 0.15) is 5.76 Å². The Morgan fingerprint density at radius 3 is 2.54 bits per heavy atom. The van der Waals surface area contributed by atoms with E-state index in [1.54, 1.807) is 0 Å². The fourth-order valence-corrected chi connectivity index (χ4v) is 3.32. The zero-order valence-electron chi connectivity index (χ0n) is 17.3. The zero-order chi connectivity index (χ0) is 20.2. The number of carbonyl (C=O) groups excluding carboxylic acids is 1. The van der Waals surface area contributed by atoms with Crippen molar-refractivity contribution in [2.75, 3.05) is 19.7 Å². The van der Waals surface area contributed by atoms with Gasteiger partial charge in [0.05, 0.1) is 18.7 Å². The van der Waals surface area contributed by atoms with Gasteiger partial charge in [0.2, 0.25) is 5.91 Å². The fraction of sp³-hybridized carbons (Fsp3) is 0.571. The predicted octanol–water partition coefficient (Wildman–Crippen LogP) is 2.93. The molecule has 0 spiro atoms. The molecular weight excluding hydrogens is 378 g/mol. The summed E-state index contributed by atoms with van der Waals surface area (Å²) in [5, 5.41) is 11.0. The minimum absolute atomic E-state index is 0. The molecule has 1 aliphatic rings. The molecule has 2 rings (SSSR count). The number of aliphatic hydroxyl groups is 1. The Morgan fingerprint density at radius 1 is 1.32 bits per heavy atom. The summed E-state index contributed by atoms with van der Waals surface area (Å²) in [5.74, 6) is 0.305. The molecule has 0 saturated heterocycles. The van der Waals surface area contributed by atoms with E-state index in [0.29, 0.717) is 18.9 Å². The Bertz CT molecular complexity index is 713. The SMILES string of the molecule is CCCCOC1=C(CN)N(CC(C)(C)C)C(O)c2ccc(CC(N)=O)cc21.Cl. The second-order valence-electron chi connectivity index (χ2n) is 8.31. The fourth-order valence-electron chi connectivity index (χ4n) is 3.32. The first-order valence-corrected chi connectivity index (χ1v) is 9.60. The number of rotatable bonds is 8. The van der Waals surface area contributed by atoms with E-state index in [2.05, 4.69) is 27.7 Å². The standard InChI is InChI=1S/C21H33N3O3.ClH/c1-5-6-9-27-19-16-10-14(11-18(23)25)7-8-15(16)20(26)24(17(19)12-22)13-21(2,3)4;/h7-8,10,20,26H,5-6,9,11-13,22H2,1-4H3,(H2,23,25);1H. The highest BCUT2D eigenvalue weighted by Gasteiger charge is 2.34. The highest BCUT2D eigenvalue weighted by atomic mass is 35.5. The molecule has 0 aromatic heterocycles. The normalized spacial score (nSPS) is 16.5. The van der Waals surface area contributed by atoms with Gasteiger partial charge in [-0.1, -0.05) is 46.2 Å². The van der Waals surface area contributed by atoms with Crippen LogP contribution < -0.4 is 11.5 Å². The number of aliphatic hydroxyl groups excluding tert-OH is 1. The number of unbranched alkanes of at least 4 members (excludes halogenated alkanes) is 1. The van der Waals surface area contributed by atoms with Crippen LogP contribution in [0.1, 0.15) is 63.5 Å². The van der Waals surface area contributed by atoms with Crippen LogP contribution >= 0.6 is 12.4 Å². The Balaban J connectivity index is 0.00000392. The van der Waals surface area contributed by atoms with Crippen molar-refractivity contribution in [3.05, 3.63) is 40.6 Å². The number of carbonyl (C=O) groups is 1. The first-order chi connectivity index (χ1) is 12.7. The second kappa shape index (κ2) is 10.1. The van der Waals surface area contributed by atoms with Crippen LogP contribution in [0.4, 0.5) is 0 Å². The minimum atomic E-state index is -0.807. The summed E-state index contributed by atoms with van der Waals surface area (Å²) < 4.78 is 6.14. The Kier molecular flexibility index (Phi) is 8.79. The molecule has 0 fully saturated rings. The maximum Gasteiger partial charge on any atom is 0.221 e. The molecule has 1 aliphatic heterocycles. The summed E-state index contributed by atoms with van der Waals surface area (Å²) in [7, 11) is 0. The number of nitrogens with two attached hydrogens (primary N) is 2. The smallest absolute Gasteiger partial charge is 0.221 e. The lowest BCUT2D eigenvalue weighted by Gasteiger charge is -2.41. The second-order valence-corrected chi connectivity index (χ2v) is 8.31. The van der Waals surface area contributed by atoms with Gasteiger partial charge in [0.15, 0.2) is 6.23 Å². The molecule has 1 aromatic carbocycles. The molecule has 7 heteroatoms. The minimum Gasteiger partial charge on any atom is -0.491 e. The highest BCUT2D eigenvalue weighted by Crippen LogP contribution is 2.40. The van der Waals surface area contributed by atoms with Crippen LogP contribution in [-0.2, 0) is 16.0 Å². The van der Waals surface area contributed by atoms with Crippen molar-refractivity contribution in [2.24, 2.45) is 16.9 Å². The van der Waals surface area contributed by atoms with Crippen molar-refractivity contribution in [1.29, 1.82) is 0 Å².